The Bertz CT molecular complexity index is 2210. The van der Waals surface area contributed by atoms with Crippen LogP contribution in [0.15, 0.2) is 68.1 Å². The van der Waals surface area contributed by atoms with Crippen molar-refractivity contribution in [3.8, 4) is 22.8 Å². The fourth-order valence-corrected chi connectivity index (χ4v) is 6.74. The van der Waals surface area contributed by atoms with Gasteiger partial charge in [-0.3, -0.25) is 13.7 Å². The number of benzene rings is 3. The third kappa shape index (κ3) is 6.04. The van der Waals surface area contributed by atoms with Gasteiger partial charge in [-0.25, -0.2) is 17.8 Å². The molecule has 3 aromatic carbocycles. The van der Waals surface area contributed by atoms with Crippen LogP contribution >= 0.6 is 12.0 Å². The summed E-state index contributed by atoms with van der Waals surface area (Å²) < 4.78 is 125. The molecule has 1 unspecified atom stereocenters. The van der Waals surface area contributed by atoms with Crippen LogP contribution in [-0.4, -0.2) is 67.6 Å². The Balaban J connectivity index is 1.56. The highest BCUT2D eigenvalue weighted by molar-refractivity contribution is 8.01. The number of nitrogens with one attached hydrogen (secondary N) is 2. The van der Waals surface area contributed by atoms with Crippen LogP contribution in [0.3, 0.4) is 0 Å². The van der Waals surface area contributed by atoms with Gasteiger partial charge in [-0.05, 0) is 24.3 Å². The minimum atomic E-state index is -4.93. The molecule has 216 valence electrons. The largest absolute Gasteiger partial charge is 0.749 e. The highest BCUT2D eigenvalue weighted by Crippen LogP contribution is 2.33. The summed E-state index contributed by atoms with van der Waals surface area (Å²) in [6, 6.07) is 9.93. The van der Waals surface area contributed by atoms with Gasteiger partial charge >= 0.3 is 0 Å². The van der Waals surface area contributed by atoms with Gasteiger partial charge < -0.3 is 14.5 Å². The summed E-state index contributed by atoms with van der Waals surface area (Å²) in [4.78, 5) is 11.8. The summed E-state index contributed by atoms with van der Waals surface area (Å²) in [5.74, 6) is 0.225. The van der Waals surface area contributed by atoms with Crippen LogP contribution in [0, 0.1) is 0 Å². The third-order valence-electron chi connectivity index (χ3n) is 5.52. The quantitative estimate of drug-likeness (QED) is 0.0907. The second-order valence-electron chi connectivity index (χ2n) is 8.16. The van der Waals surface area contributed by atoms with E-state index in [2.05, 4.69) is 23.6 Å². The van der Waals surface area contributed by atoms with Gasteiger partial charge in [0.05, 0.1) is 27.3 Å². The third-order valence-corrected chi connectivity index (χ3v) is 9.23. The van der Waals surface area contributed by atoms with Crippen molar-refractivity contribution in [2.24, 2.45) is 0 Å². The first-order chi connectivity index (χ1) is 19.0. The number of hydrogen-bond donors (Lipinski definition) is 5. The van der Waals surface area contributed by atoms with E-state index in [0.29, 0.717) is 29.2 Å². The maximum Gasteiger partial charge on any atom is 0.296 e. The van der Waals surface area contributed by atoms with Crippen molar-refractivity contribution >= 4 is 75.8 Å². The molecule has 0 aliphatic heterocycles. The molecule has 5 N–H and O–H groups in total. The molecular weight excluding hydrogens is 649 g/mol. The molecule has 0 amide bonds. The minimum absolute atomic E-state index is 0.0335. The van der Waals surface area contributed by atoms with Crippen molar-refractivity contribution in [1.29, 1.82) is 0 Å². The molecule has 2 heterocycles. The molecule has 0 radical (unpaired) electrons. The van der Waals surface area contributed by atoms with Crippen LogP contribution < -0.4 is 0 Å². The van der Waals surface area contributed by atoms with Gasteiger partial charge in [0.25, 0.3) is 30.4 Å². The molecule has 0 spiro atoms. The minimum Gasteiger partial charge on any atom is -0.749 e. The van der Waals surface area contributed by atoms with E-state index in [0.717, 1.165) is 12.1 Å². The molecular formula is C20H13N4O12S5-. The van der Waals surface area contributed by atoms with E-state index in [-0.39, 0.29) is 38.6 Å². The first kappa shape index (κ1) is 29.2. The highest BCUT2D eigenvalue weighted by Gasteiger charge is 2.24. The van der Waals surface area contributed by atoms with Gasteiger partial charge in [-0.2, -0.15) is 25.3 Å². The smallest absolute Gasteiger partial charge is 0.296 e. The van der Waals surface area contributed by atoms with E-state index in [4.69, 9.17) is 0 Å². The number of H-pyrrole nitrogens is 2. The van der Waals surface area contributed by atoms with E-state index in [1.54, 1.807) is 0 Å². The number of fused-ring (bicyclic) bond motifs is 2. The number of rotatable bonds is 8. The standard InChI is InChI=1S/C20H14N4O12S5/c25-38(26)36-37-11-5-13-17(15(6-11)40(30,31)32)23-19(21-13)9-1-3-10(4-2-9)20-22-14-7-12(39(27,28)29)8-16(18(14)24-20)41(33,34)35/h1-8H,(H,21,23)(H,22,24)(H,25,26)(H,27,28,29)(H,30,31,32)(H,33,34,35)/p-1. The highest BCUT2D eigenvalue weighted by atomic mass is 32.3. The van der Waals surface area contributed by atoms with Gasteiger partial charge in [0, 0.05) is 28.1 Å². The van der Waals surface area contributed by atoms with Gasteiger partial charge in [-0.15, -0.1) is 0 Å². The van der Waals surface area contributed by atoms with Crippen LogP contribution in [0.2, 0.25) is 0 Å². The van der Waals surface area contributed by atoms with Crippen molar-refractivity contribution in [3.63, 3.8) is 0 Å². The van der Waals surface area contributed by atoms with E-state index in [9.17, 15) is 47.7 Å². The molecule has 5 aromatic rings. The molecule has 0 aliphatic rings. The van der Waals surface area contributed by atoms with E-state index < -0.39 is 56.4 Å². The first-order valence-corrected chi connectivity index (χ1v) is 16.6. The Kier molecular flexibility index (Phi) is 7.30. The Hall–Kier alpha value is -3.25. The fraction of sp³-hybridized carbons (Fsp3) is 0. The molecule has 1 atom stereocenters. The maximum absolute atomic E-state index is 11.9. The molecule has 16 nitrogen and oxygen atoms in total. The Labute approximate surface area is 237 Å². The van der Waals surface area contributed by atoms with Crippen LogP contribution in [0.1, 0.15) is 0 Å². The van der Waals surface area contributed by atoms with Crippen molar-refractivity contribution in [2.45, 2.75) is 19.6 Å². The van der Waals surface area contributed by atoms with Crippen molar-refractivity contribution in [3.05, 3.63) is 48.5 Å². The molecule has 0 aliphatic carbocycles. The Morgan fingerprint density at radius 3 is 1.63 bits per heavy atom. The monoisotopic (exact) mass is 661 g/mol. The number of imidazole rings is 2. The van der Waals surface area contributed by atoms with Gasteiger partial charge in [-0.1, -0.05) is 24.3 Å². The zero-order chi connectivity index (χ0) is 29.9. The number of aromatic amines is 2. The number of nitrogens with zero attached hydrogens (tertiary/aromatic N) is 2. The molecule has 5 rings (SSSR count). The van der Waals surface area contributed by atoms with Crippen molar-refractivity contribution in [2.75, 3.05) is 0 Å². The molecule has 2 aromatic heterocycles. The second-order valence-corrected chi connectivity index (χ2v) is 14.0. The maximum atomic E-state index is 11.9. The SMILES string of the molecule is O=S([O-])OSc1cc(S(=O)(=O)O)c2nc(-c3ccc(-c4nc5c(S(=O)(=O)O)cc(S(=O)(=O)O)cc5[nH]4)cc3)[nH]c2c1. The number of aromatic nitrogens is 4. The van der Waals surface area contributed by atoms with E-state index >= 15 is 0 Å². The summed E-state index contributed by atoms with van der Waals surface area (Å²) in [5.41, 5.74) is 0.389. The summed E-state index contributed by atoms with van der Waals surface area (Å²) in [5, 5.41) is 0. The summed E-state index contributed by atoms with van der Waals surface area (Å²) >= 11 is -2.56. The topological polar surface area (TPSA) is 270 Å². The summed E-state index contributed by atoms with van der Waals surface area (Å²) in [6.07, 6.45) is 0. The lowest BCUT2D eigenvalue weighted by molar-refractivity contribution is 0.464. The average molecular weight is 662 g/mol. The van der Waals surface area contributed by atoms with Crippen LogP contribution in [-0.2, 0) is 45.3 Å². The number of hydrogen-bond acceptors (Lipinski definition) is 12. The lowest BCUT2D eigenvalue weighted by Gasteiger charge is -2.05. The van der Waals surface area contributed by atoms with Gasteiger partial charge in [0.1, 0.15) is 32.5 Å². The first-order valence-electron chi connectivity index (χ1n) is 10.6. The zero-order valence-corrected chi connectivity index (χ0v) is 23.7. The normalized spacial score (nSPS) is 13.7. The van der Waals surface area contributed by atoms with Crippen LogP contribution in [0.25, 0.3) is 44.8 Å². The van der Waals surface area contributed by atoms with E-state index in [1.165, 1.54) is 30.3 Å². The predicted molar refractivity (Wildman–Crippen MR) is 142 cm³/mol. The lowest BCUT2D eigenvalue weighted by atomic mass is 10.1. The van der Waals surface area contributed by atoms with Crippen LogP contribution in [0.4, 0.5) is 0 Å². The summed E-state index contributed by atoms with van der Waals surface area (Å²) in [6.45, 7) is 0. The van der Waals surface area contributed by atoms with Crippen molar-refractivity contribution < 1.29 is 51.3 Å². The fourth-order valence-electron chi connectivity index (χ4n) is 3.84. The molecule has 0 fully saturated rings. The predicted octanol–water partition coefficient (Wildman–Crippen LogP) is 2.33. The lowest BCUT2D eigenvalue weighted by Crippen LogP contribution is -2.04. The van der Waals surface area contributed by atoms with Gasteiger partial charge in [0.15, 0.2) is 0 Å². The summed E-state index contributed by atoms with van der Waals surface area (Å²) in [7, 11) is -14.5. The molecule has 0 bridgehead atoms. The van der Waals surface area contributed by atoms with Crippen molar-refractivity contribution in [1.82, 2.24) is 19.9 Å². The average Bonchev–Trinajstić information content (AvgIpc) is 3.49. The molecule has 21 heteroatoms. The van der Waals surface area contributed by atoms with Crippen LogP contribution in [0.5, 0.6) is 0 Å². The van der Waals surface area contributed by atoms with Gasteiger partial charge in [0.2, 0.25) is 0 Å². The molecule has 41 heavy (non-hydrogen) atoms. The Morgan fingerprint density at radius 2 is 1.20 bits per heavy atom. The second kappa shape index (κ2) is 10.2. The molecule has 0 saturated heterocycles. The zero-order valence-electron chi connectivity index (χ0n) is 19.6. The molecule has 0 saturated carbocycles. The Morgan fingerprint density at radius 1 is 0.732 bits per heavy atom. The van der Waals surface area contributed by atoms with E-state index in [1.807, 2.05) is 0 Å².